The molecule has 2 aromatic rings. The van der Waals surface area contributed by atoms with E-state index in [0.717, 1.165) is 35.3 Å². The average Bonchev–Trinajstić information content (AvgIpc) is 3.04. The number of piperazine rings is 1. The smallest absolute Gasteiger partial charge is 0.318 e. The van der Waals surface area contributed by atoms with Gasteiger partial charge in [-0.3, -0.25) is 0 Å². The lowest BCUT2D eigenvalue weighted by molar-refractivity contribution is 0.189. The van der Waals surface area contributed by atoms with Crippen LogP contribution in [0.3, 0.4) is 0 Å². The zero-order valence-electron chi connectivity index (χ0n) is 14.9. The van der Waals surface area contributed by atoms with Crippen LogP contribution in [0.1, 0.15) is 30.0 Å². The number of amides is 2. The van der Waals surface area contributed by atoms with Gasteiger partial charge in [0, 0.05) is 36.9 Å². The molecule has 1 unspecified atom stereocenters. The van der Waals surface area contributed by atoms with Gasteiger partial charge in [0.2, 0.25) is 0 Å². The summed E-state index contributed by atoms with van der Waals surface area (Å²) < 4.78 is 5.58. The fraction of sp³-hybridized carbons (Fsp3) is 0.421. The third-order valence-electron chi connectivity index (χ3n) is 4.61. The van der Waals surface area contributed by atoms with E-state index in [4.69, 9.17) is 16.0 Å². The molecule has 0 saturated carbocycles. The lowest BCUT2D eigenvalue weighted by Gasteiger charge is -2.37. The molecule has 0 radical (unpaired) electrons. The number of furan rings is 1. The lowest BCUT2D eigenvalue weighted by Crippen LogP contribution is -2.52. The van der Waals surface area contributed by atoms with Crippen molar-refractivity contribution in [2.24, 2.45) is 0 Å². The van der Waals surface area contributed by atoms with E-state index < -0.39 is 0 Å². The Kier molecular flexibility index (Phi) is 5.23. The molecule has 2 heterocycles. The van der Waals surface area contributed by atoms with Gasteiger partial charge in [0.15, 0.2) is 0 Å². The maximum Gasteiger partial charge on any atom is 0.318 e. The minimum Gasteiger partial charge on any atom is -0.464 e. The van der Waals surface area contributed by atoms with Crippen LogP contribution in [-0.4, -0.2) is 37.1 Å². The van der Waals surface area contributed by atoms with Gasteiger partial charge in [0.25, 0.3) is 0 Å². The van der Waals surface area contributed by atoms with Crippen molar-refractivity contribution in [2.45, 2.75) is 26.8 Å². The summed E-state index contributed by atoms with van der Waals surface area (Å²) in [6, 6.07) is 9.54. The van der Waals surface area contributed by atoms with Crippen LogP contribution in [0.15, 0.2) is 34.7 Å². The summed E-state index contributed by atoms with van der Waals surface area (Å²) in [6.45, 7) is 8.86. The molecule has 1 saturated heterocycles. The predicted molar refractivity (Wildman–Crippen MR) is 100 cm³/mol. The van der Waals surface area contributed by atoms with Crippen LogP contribution in [-0.2, 0) is 0 Å². The van der Waals surface area contributed by atoms with Crippen molar-refractivity contribution in [3.05, 3.63) is 52.4 Å². The molecule has 0 bridgehead atoms. The SMILES string of the molecule is Cc1ccc(C(C)NC(=O)N2CCN(c3cc(Cl)ccc3C)CC2)o1. The molecule has 1 aliphatic heterocycles. The van der Waals surface area contributed by atoms with Crippen LogP contribution < -0.4 is 10.2 Å². The number of halogens is 1. The van der Waals surface area contributed by atoms with E-state index >= 15 is 0 Å². The molecule has 25 heavy (non-hydrogen) atoms. The second kappa shape index (κ2) is 7.40. The van der Waals surface area contributed by atoms with E-state index in [9.17, 15) is 4.79 Å². The van der Waals surface area contributed by atoms with E-state index in [1.807, 2.05) is 49.1 Å². The molecule has 1 aromatic heterocycles. The molecule has 6 heteroatoms. The Bertz CT molecular complexity index is 751. The number of urea groups is 1. The largest absolute Gasteiger partial charge is 0.464 e. The molecule has 5 nitrogen and oxygen atoms in total. The second-order valence-corrected chi connectivity index (χ2v) is 6.96. The second-order valence-electron chi connectivity index (χ2n) is 6.52. The molecular weight excluding hydrogens is 338 g/mol. The van der Waals surface area contributed by atoms with Crippen molar-refractivity contribution in [3.8, 4) is 0 Å². The molecular formula is C19H24ClN3O2. The van der Waals surface area contributed by atoms with Crippen LogP contribution in [0.5, 0.6) is 0 Å². The quantitative estimate of drug-likeness (QED) is 0.893. The third kappa shape index (κ3) is 4.10. The summed E-state index contributed by atoms with van der Waals surface area (Å²) in [6.07, 6.45) is 0. The fourth-order valence-electron chi connectivity index (χ4n) is 3.11. The van der Waals surface area contributed by atoms with E-state index in [1.165, 1.54) is 5.56 Å². The number of hydrogen-bond acceptors (Lipinski definition) is 3. The summed E-state index contributed by atoms with van der Waals surface area (Å²) in [5, 5.41) is 3.75. The van der Waals surface area contributed by atoms with E-state index in [0.29, 0.717) is 13.1 Å². The Labute approximate surface area is 153 Å². The summed E-state index contributed by atoms with van der Waals surface area (Å²) >= 11 is 6.12. The van der Waals surface area contributed by atoms with Crippen molar-refractivity contribution in [1.82, 2.24) is 10.2 Å². The normalized spacial score (nSPS) is 16.0. The Balaban J connectivity index is 1.56. The third-order valence-corrected chi connectivity index (χ3v) is 4.84. The summed E-state index contributed by atoms with van der Waals surface area (Å²) in [7, 11) is 0. The highest BCUT2D eigenvalue weighted by molar-refractivity contribution is 6.30. The van der Waals surface area contributed by atoms with Gasteiger partial charge in [-0.25, -0.2) is 4.79 Å². The van der Waals surface area contributed by atoms with Crippen molar-refractivity contribution >= 4 is 23.3 Å². The zero-order valence-corrected chi connectivity index (χ0v) is 15.6. The fourth-order valence-corrected chi connectivity index (χ4v) is 3.27. The first-order valence-corrected chi connectivity index (χ1v) is 8.94. The van der Waals surface area contributed by atoms with Gasteiger partial charge in [-0.1, -0.05) is 17.7 Å². The standard InChI is InChI=1S/C19H24ClN3O2/c1-13-4-6-16(20)12-17(13)22-8-10-23(11-9-22)19(24)21-15(3)18-7-5-14(2)25-18/h4-7,12,15H,8-11H2,1-3H3,(H,21,24). The minimum absolute atomic E-state index is 0.0518. The number of benzene rings is 1. The average molecular weight is 362 g/mol. The number of rotatable bonds is 3. The highest BCUT2D eigenvalue weighted by Gasteiger charge is 2.24. The van der Waals surface area contributed by atoms with Gasteiger partial charge >= 0.3 is 6.03 Å². The molecule has 1 aliphatic rings. The number of nitrogens with one attached hydrogen (secondary N) is 1. The van der Waals surface area contributed by atoms with Gasteiger partial charge in [0.05, 0.1) is 6.04 Å². The first-order valence-electron chi connectivity index (χ1n) is 8.57. The monoisotopic (exact) mass is 361 g/mol. The number of aryl methyl sites for hydroxylation is 2. The van der Waals surface area contributed by atoms with Crippen LogP contribution in [0, 0.1) is 13.8 Å². The number of anilines is 1. The number of carbonyl (C=O) groups is 1. The summed E-state index contributed by atoms with van der Waals surface area (Å²) in [5.74, 6) is 1.63. The number of hydrogen-bond donors (Lipinski definition) is 1. The molecule has 0 aliphatic carbocycles. The Morgan fingerprint density at radius 2 is 1.88 bits per heavy atom. The molecule has 3 rings (SSSR count). The van der Waals surface area contributed by atoms with Gasteiger partial charge < -0.3 is 19.5 Å². The predicted octanol–water partition coefficient (Wildman–Crippen LogP) is 4.14. The molecule has 2 amide bonds. The first-order chi connectivity index (χ1) is 11.9. The highest BCUT2D eigenvalue weighted by atomic mass is 35.5. The maximum absolute atomic E-state index is 12.5. The molecule has 1 atom stereocenters. The Morgan fingerprint density at radius 1 is 1.16 bits per heavy atom. The van der Waals surface area contributed by atoms with E-state index in [1.54, 1.807) is 0 Å². The summed E-state index contributed by atoms with van der Waals surface area (Å²) in [5.41, 5.74) is 2.34. The van der Waals surface area contributed by atoms with Crippen LogP contribution in [0.4, 0.5) is 10.5 Å². The molecule has 0 spiro atoms. The van der Waals surface area contributed by atoms with Gasteiger partial charge in [-0.2, -0.15) is 0 Å². The van der Waals surface area contributed by atoms with Crippen molar-refractivity contribution < 1.29 is 9.21 Å². The van der Waals surface area contributed by atoms with Crippen molar-refractivity contribution in [2.75, 3.05) is 31.1 Å². The zero-order chi connectivity index (χ0) is 18.0. The van der Waals surface area contributed by atoms with Gasteiger partial charge in [0.1, 0.15) is 11.5 Å². The van der Waals surface area contributed by atoms with Crippen LogP contribution in [0.2, 0.25) is 5.02 Å². The topological polar surface area (TPSA) is 48.7 Å². The van der Waals surface area contributed by atoms with E-state index in [2.05, 4.69) is 17.1 Å². The number of nitrogens with zero attached hydrogens (tertiary/aromatic N) is 2. The lowest BCUT2D eigenvalue weighted by atomic mass is 10.1. The van der Waals surface area contributed by atoms with Crippen LogP contribution in [0.25, 0.3) is 0 Å². The Hall–Kier alpha value is -2.14. The number of carbonyl (C=O) groups excluding carboxylic acids is 1. The van der Waals surface area contributed by atoms with Crippen molar-refractivity contribution in [1.29, 1.82) is 0 Å². The van der Waals surface area contributed by atoms with E-state index in [-0.39, 0.29) is 12.1 Å². The van der Waals surface area contributed by atoms with Gasteiger partial charge in [-0.05, 0) is 50.6 Å². The van der Waals surface area contributed by atoms with Crippen LogP contribution >= 0.6 is 11.6 Å². The summed E-state index contributed by atoms with van der Waals surface area (Å²) in [4.78, 5) is 16.6. The maximum atomic E-state index is 12.5. The first kappa shape index (κ1) is 17.7. The van der Waals surface area contributed by atoms with Gasteiger partial charge in [-0.15, -0.1) is 0 Å². The molecule has 1 fully saturated rings. The molecule has 1 N–H and O–H groups in total. The van der Waals surface area contributed by atoms with Crippen molar-refractivity contribution in [3.63, 3.8) is 0 Å². The molecule has 134 valence electrons. The minimum atomic E-state index is -0.144. The Morgan fingerprint density at radius 3 is 2.52 bits per heavy atom. The highest BCUT2D eigenvalue weighted by Crippen LogP contribution is 2.25. The molecule has 1 aromatic carbocycles.